The number of carbonyl (C=O) groups is 1. The van der Waals surface area contributed by atoms with Crippen molar-refractivity contribution in [3.8, 4) is 0 Å². The zero-order chi connectivity index (χ0) is 14.7. The number of ether oxygens (including phenoxy) is 1. The van der Waals surface area contributed by atoms with Crippen LogP contribution in [-0.4, -0.2) is 25.2 Å². The minimum atomic E-state index is -0.363. The molecule has 1 aromatic rings. The van der Waals surface area contributed by atoms with E-state index < -0.39 is 0 Å². The molecule has 0 bridgehead atoms. The van der Waals surface area contributed by atoms with Gasteiger partial charge in [0.2, 0.25) is 0 Å². The Morgan fingerprint density at radius 2 is 2.25 bits per heavy atom. The summed E-state index contributed by atoms with van der Waals surface area (Å²) in [6, 6.07) is 3.78. The van der Waals surface area contributed by atoms with Crippen LogP contribution in [0.3, 0.4) is 0 Å². The summed E-state index contributed by atoms with van der Waals surface area (Å²) in [5.41, 5.74) is 7.53. The molecule has 2 rings (SSSR count). The highest BCUT2D eigenvalue weighted by atomic mass is 35.5. The fourth-order valence-corrected chi connectivity index (χ4v) is 3.17. The number of carbonyl (C=O) groups excluding carboxylic acids is 1. The van der Waals surface area contributed by atoms with E-state index in [0.29, 0.717) is 28.9 Å². The minimum Gasteiger partial charge on any atom is -0.462 e. The molecule has 1 fully saturated rings. The minimum absolute atomic E-state index is 0.335. The summed E-state index contributed by atoms with van der Waals surface area (Å²) in [4.78, 5) is 14.4. The quantitative estimate of drug-likeness (QED) is 0.683. The Labute approximate surface area is 124 Å². The van der Waals surface area contributed by atoms with E-state index in [4.69, 9.17) is 22.1 Å². The van der Waals surface area contributed by atoms with Gasteiger partial charge >= 0.3 is 5.97 Å². The van der Waals surface area contributed by atoms with E-state index in [0.717, 1.165) is 31.5 Å². The third kappa shape index (κ3) is 2.85. The number of anilines is 2. The van der Waals surface area contributed by atoms with Gasteiger partial charge in [0.25, 0.3) is 0 Å². The molecule has 4 nitrogen and oxygen atoms in total. The lowest BCUT2D eigenvalue weighted by Crippen LogP contribution is -2.30. The molecule has 0 aromatic heterocycles. The number of esters is 1. The lowest BCUT2D eigenvalue weighted by atomic mass is 10.1. The predicted octanol–water partition coefficient (Wildman–Crippen LogP) is 3.48. The van der Waals surface area contributed by atoms with Gasteiger partial charge in [0.1, 0.15) is 0 Å². The van der Waals surface area contributed by atoms with Gasteiger partial charge in [0.05, 0.1) is 22.9 Å². The number of nitrogens with zero attached hydrogens (tertiary/aromatic N) is 1. The van der Waals surface area contributed by atoms with E-state index in [-0.39, 0.29) is 5.97 Å². The number of halogens is 1. The topological polar surface area (TPSA) is 55.6 Å². The molecule has 110 valence electrons. The number of rotatable bonds is 4. The van der Waals surface area contributed by atoms with Crippen LogP contribution in [0.2, 0.25) is 5.02 Å². The van der Waals surface area contributed by atoms with Gasteiger partial charge < -0.3 is 15.4 Å². The van der Waals surface area contributed by atoms with E-state index >= 15 is 0 Å². The van der Waals surface area contributed by atoms with Crippen molar-refractivity contribution in [1.29, 1.82) is 0 Å². The van der Waals surface area contributed by atoms with Crippen molar-refractivity contribution >= 4 is 28.9 Å². The fraction of sp³-hybridized carbons (Fsp3) is 0.533. The number of benzene rings is 1. The first kappa shape index (κ1) is 15.0. The highest BCUT2D eigenvalue weighted by molar-refractivity contribution is 6.34. The second-order valence-electron chi connectivity index (χ2n) is 5.02. The first-order valence-electron chi connectivity index (χ1n) is 7.11. The number of hydrogen-bond acceptors (Lipinski definition) is 4. The van der Waals surface area contributed by atoms with Crippen molar-refractivity contribution in [2.45, 2.75) is 39.2 Å². The average molecular weight is 297 g/mol. The van der Waals surface area contributed by atoms with Crippen molar-refractivity contribution in [2.75, 3.05) is 23.8 Å². The number of nitrogens with two attached hydrogens (primary N) is 1. The summed E-state index contributed by atoms with van der Waals surface area (Å²) in [6.07, 6.45) is 3.27. The van der Waals surface area contributed by atoms with Crippen LogP contribution in [0.1, 0.15) is 43.5 Å². The Morgan fingerprint density at radius 3 is 2.90 bits per heavy atom. The highest BCUT2D eigenvalue weighted by Gasteiger charge is 2.29. The Hall–Kier alpha value is -1.42. The van der Waals surface area contributed by atoms with Crippen molar-refractivity contribution < 1.29 is 9.53 Å². The Bertz CT molecular complexity index is 505. The molecule has 0 spiro atoms. The molecule has 0 saturated carbocycles. The Balaban J connectivity index is 2.47. The van der Waals surface area contributed by atoms with Crippen molar-refractivity contribution in [1.82, 2.24) is 0 Å². The third-order valence-corrected chi connectivity index (χ3v) is 4.00. The fourth-order valence-electron chi connectivity index (χ4n) is 2.83. The molecular weight excluding hydrogens is 276 g/mol. The first-order valence-corrected chi connectivity index (χ1v) is 7.49. The van der Waals surface area contributed by atoms with Gasteiger partial charge in [0, 0.05) is 18.3 Å². The zero-order valence-electron chi connectivity index (χ0n) is 12.0. The summed E-state index contributed by atoms with van der Waals surface area (Å²) in [6.45, 7) is 5.19. The zero-order valence-corrected chi connectivity index (χ0v) is 12.7. The maximum Gasteiger partial charge on any atom is 0.340 e. The average Bonchev–Trinajstić information content (AvgIpc) is 2.86. The Morgan fingerprint density at radius 1 is 1.50 bits per heavy atom. The molecular formula is C15H21ClN2O2. The SMILES string of the molecule is CCOC(=O)c1cc(N)cc(Cl)c1N1CCCC1CC. The molecule has 1 aliphatic heterocycles. The van der Waals surface area contributed by atoms with Crippen LogP contribution >= 0.6 is 11.6 Å². The van der Waals surface area contributed by atoms with Crippen molar-refractivity contribution in [3.05, 3.63) is 22.7 Å². The molecule has 2 N–H and O–H groups in total. The van der Waals surface area contributed by atoms with Crippen LogP contribution in [0.5, 0.6) is 0 Å². The van der Waals surface area contributed by atoms with Gasteiger partial charge in [-0.2, -0.15) is 0 Å². The second-order valence-corrected chi connectivity index (χ2v) is 5.42. The molecule has 1 heterocycles. The van der Waals surface area contributed by atoms with Crippen LogP contribution in [0.25, 0.3) is 0 Å². The largest absolute Gasteiger partial charge is 0.462 e. The van der Waals surface area contributed by atoms with E-state index in [1.54, 1.807) is 19.1 Å². The lowest BCUT2D eigenvalue weighted by Gasteiger charge is -2.28. The normalized spacial score (nSPS) is 18.4. The van der Waals surface area contributed by atoms with Crippen molar-refractivity contribution in [3.63, 3.8) is 0 Å². The Kier molecular flexibility index (Phi) is 4.76. The van der Waals surface area contributed by atoms with E-state index in [9.17, 15) is 4.79 Å². The summed E-state index contributed by atoms with van der Waals surface area (Å²) >= 11 is 6.35. The molecule has 0 amide bonds. The van der Waals surface area contributed by atoms with Crippen LogP contribution in [0.15, 0.2) is 12.1 Å². The summed E-state index contributed by atoms with van der Waals surface area (Å²) < 4.78 is 5.13. The number of nitrogen functional groups attached to an aromatic ring is 1. The van der Waals surface area contributed by atoms with Gasteiger partial charge in [-0.3, -0.25) is 0 Å². The standard InChI is InChI=1S/C15H21ClN2O2/c1-3-11-6-5-7-18(11)14-12(15(19)20-4-2)8-10(17)9-13(14)16/h8-9,11H,3-7,17H2,1-2H3. The van der Waals surface area contributed by atoms with E-state index in [1.165, 1.54) is 0 Å². The maximum atomic E-state index is 12.2. The van der Waals surface area contributed by atoms with Gasteiger partial charge in [-0.05, 0) is 38.3 Å². The lowest BCUT2D eigenvalue weighted by molar-refractivity contribution is 0.0527. The second kappa shape index (κ2) is 6.35. The number of hydrogen-bond donors (Lipinski definition) is 1. The monoisotopic (exact) mass is 296 g/mol. The summed E-state index contributed by atoms with van der Waals surface area (Å²) in [5.74, 6) is -0.363. The van der Waals surface area contributed by atoms with Gasteiger partial charge in [-0.15, -0.1) is 0 Å². The molecule has 1 saturated heterocycles. The molecule has 20 heavy (non-hydrogen) atoms. The molecule has 1 atom stereocenters. The molecule has 1 unspecified atom stereocenters. The van der Waals surface area contributed by atoms with E-state index in [2.05, 4.69) is 11.8 Å². The van der Waals surface area contributed by atoms with Crippen molar-refractivity contribution in [2.24, 2.45) is 0 Å². The van der Waals surface area contributed by atoms with Gasteiger partial charge in [-0.25, -0.2) is 4.79 Å². The molecule has 5 heteroatoms. The van der Waals surface area contributed by atoms with Crippen LogP contribution < -0.4 is 10.6 Å². The molecule has 1 aromatic carbocycles. The van der Waals surface area contributed by atoms with E-state index in [1.807, 2.05) is 0 Å². The van der Waals surface area contributed by atoms with Crippen LogP contribution in [-0.2, 0) is 4.74 Å². The first-order chi connectivity index (χ1) is 9.58. The van der Waals surface area contributed by atoms with Crippen LogP contribution in [0, 0.1) is 0 Å². The predicted molar refractivity (Wildman–Crippen MR) is 82.5 cm³/mol. The summed E-state index contributed by atoms with van der Waals surface area (Å²) in [7, 11) is 0. The smallest absolute Gasteiger partial charge is 0.340 e. The highest BCUT2D eigenvalue weighted by Crippen LogP contribution is 2.37. The molecule has 0 aliphatic carbocycles. The molecule has 1 aliphatic rings. The van der Waals surface area contributed by atoms with Gasteiger partial charge in [-0.1, -0.05) is 18.5 Å². The maximum absolute atomic E-state index is 12.2. The third-order valence-electron chi connectivity index (χ3n) is 3.72. The van der Waals surface area contributed by atoms with Crippen LogP contribution in [0.4, 0.5) is 11.4 Å². The van der Waals surface area contributed by atoms with Gasteiger partial charge in [0.15, 0.2) is 0 Å². The summed E-state index contributed by atoms with van der Waals surface area (Å²) in [5, 5.41) is 0.522. The molecule has 0 radical (unpaired) electrons.